The lowest BCUT2D eigenvalue weighted by molar-refractivity contribution is -0.119. The van der Waals surface area contributed by atoms with E-state index in [2.05, 4.69) is 4.90 Å². The molecule has 0 bridgehead atoms. The maximum atomic E-state index is 12.0. The number of ketones is 1. The van der Waals surface area contributed by atoms with E-state index in [4.69, 9.17) is 4.74 Å². The number of rotatable bonds is 6. The molecule has 104 valence electrons. The van der Waals surface area contributed by atoms with Crippen LogP contribution in [0, 0.1) is 5.92 Å². The third-order valence-corrected chi connectivity index (χ3v) is 3.51. The number of carbonyl (C=O) groups excluding carboxylic acids is 1. The highest BCUT2D eigenvalue weighted by molar-refractivity contribution is 5.82. The van der Waals surface area contributed by atoms with Crippen LogP contribution >= 0.6 is 0 Å². The molecule has 0 radical (unpaired) electrons. The Bertz CT molecular complexity index is 385. The summed E-state index contributed by atoms with van der Waals surface area (Å²) in [5.41, 5.74) is 1.10. The van der Waals surface area contributed by atoms with Gasteiger partial charge in [-0.1, -0.05) is 30.3 Å². The van der Waals surface area contributed by atoms with Crippen LogP contribution in [0.2, 0.25) is 0 Å². The predicted molar refractivity (Wildman–Crippen MR) is 76.2 cm³/mol. The average Bonchev–Trinajstić information content (AvgIpc) is 2.40. The third kappa shape index (κ3) is 5.13. The van der Waals surface area contributed by atoms with Gasteiger partial charge in [-0.2, -0.15) is 0 Å². The molecule has 0 aromatic heterocycles. The van der Waals surface area contributed by atoms with Crippen molar-refractivity contribution in [3.63, 3.8) is 0 Å². The van der Waals surface area contributed by atoms with Crippen molar-refractivity contribution in [2.45, 2.75) is 19.3 Å². The van der Waals surface area contributed by atoms with Crippen LogP contribution in [0.3, 0.4) is 0 Å². The molecule has 1 heterocycles. The summed E-state index contributed by atoms with van der Waals surface area (Å²) in [4.78, 5) is 14.1. The highest BCUT2D eigenvalue weighted by Crippen LogP contribution is 2.14. The van der Waals surface area contributed by atoms with Gasteiger partial charge in [0, 0.05) is 19.6 Å². The molecule has 3 heteroatoms. The van der Waals surface area contributed by atoms with E-state index in [1.807, 2.05) is 37.4 Å². The SMILES string of the molecule is CN(CC(=O)Cc1ccccc1)CC1CCCOC1. The van der Waals surface area contributed by atoms with Gasteiger partial charge in [0.1, 0.15) is 0 Å². The molecule has 1 aliphatic rings. The quantitative estimate of drug-likeness (QED) is 0.786. The van der Waals surface area contributed by atoms with Gasteiger partial charge < -0.3 is 4.74 Å². The van der Waals surface area contributed by atoms with E-state index in [0.717, 1.165) is 31.7 Å². The van der Waals surface area contributed by atoms with Crippen LogP contribution in [0.25, 0.3) is 0 Å². The van der Waals surface area contributed by atoms with Gasteiger partial charge in [-0.15, -0.1) is 0 Å². The first kappa shape index (κ1) is 14.2. The van der Waals surface area contributed by atoms with E-state index in [-0.39, 0.29) is 5.78 Å². The predicted octanol–water partition coefficient (Wildman–Crippen LogP) is 2.16. The van der Waals surface area contributed by atoms with Crippen molar-refractivity contribution < 1.29 is 9.53 Å². The van der Waals surface area contributed by atoms with Gasteiger partial charge in [-0.25, -0.2) is 0 Å². The van der Waals surface area contributed by atoms with Crippen LogP contribution in [0.5, 0.6) is 0 Å². The molecule has 1 fully saturated rings. The van der Waals surface area contributed by atoms with E-state index in [0.29, 0.717) is 18.9 Å². The first-order valence-electron chi connectivity index (χ1n) is 7.06. The molecule has 0 spiro atoms. The summed E-state index contributed by atoms with van der Waals surface area (Å²) < 4.78 is 5.47. The van der Waals surface area contributed by atoms with E-state index in [9.17, 15) is 4.79 Å². The molecule has 2 rings (SSSR count). The van der Waals surface area contributed by atoms with Crippen molar-refractivity contribution in [2.24, 2.45) is 5.92 Å². The molecular formula is C16H23NO2. The fraction of sp³-hybridized carbons (Fsp3) is 0.562. The maximum Gasteiger partial charge on any atom is 0.151 e. The summed E-state index contributed by atoms with van der Waals surface area (Å²) in [5, 5.41) is 0. The van der Waals surface area contributed by atoms with Gasteiger partial charge in [0.15, 0.2) is 5.78 Å². The molecule has 1 aromatic rings. The Labute approximate surface area is 115 Å². The Morgan fingerprint density at radius 1 is 1.37 bits per heavy atom. The Kier molecular flexibility index (Phi) is 5.55. The molecule has 19 heavy (non-hydrogen) atoms. The van der Waals surface area contributed by atoms with E-state index in [1.54, 1.807) is 0 Å². The topological polar surface area (TPSA) is 29.5 Å². The number of ether oxygens (including phenoxy) is 1. The summed E-state index contributed by atoms with van der Waals surface area (Å²) >= 11 is 0. The maximum absolute atomic E-state index is 12.0. The Hall–Kier alpha value is -1.19. The van der Waals surface area contributed by atoms with Crippen molar-refractivity contribution in [3.05, 3.63) is 35.9 Å². The molecule has 1 aliphatic heterocycles. The summed E-state index contributed by atoms with van der Waals surface area (Å²) in [7, 11) is 2.03. The largest absolute Gasteiger partial charge is 0.381 e. The number of hydrogen-bond acceptors (Lipinski definition) is 3. The molecule has 1 saturated heterocycles. The second kappa shape index (κ2) is 7.41. The molecule has 0 saturated carbocycles. The Balaban J connectivity index is 1.72. The zero-order chi connectivity index (χ0) is 13.5. The molecular weight excluding hydrogens is 238 g/mol. The first-order chi connectivity index (χ1) is 9.24. The zero-order valence-corrected chi connectivity index (χ0v) is 11.7. The first-order valence-corrected chi connectivity index (χ1v) is 7.06. The summed E-state index contributed by atoms with van der Waals surface area (Å²) in [6.07, 6.45) is 2.90. The van der Waals surface area contributed by atoms with Crippen molar-refractivity contribution in [1.82, 2.24) is 4.90 Å². The van der Waals surface area contributed by atoms with Crippen molar-refractivity contribution >= 4 is 5.78 Å². The summed E-state index contributed by atoms with van der Waals surface area (Å²) in [6, 6.07) is 9.94. The molecule has 0 N–H and O–H groups in total. The summed E-state index contributed by atoms with van der Waals surface area (Å²) in [5.74, 6) is 0.869. The highest BCUT2D eigenvalue weighted by atomic mass is 16.5. The van der Waals surface area contributed by atoms with E-state index >= 15 is 0 Å². The van der Waals surface area contributed by atoms with Crippen LogP contribution in [-0.2, 0) is 16.0 Å². The van der Waals surface area contributed by atoms with Crippen molar-refractivity contribution in [2.75, 3.05) is 33.4 Å². The second-order valence-electron chi connectivity index (χ2n) is 5.48. The normalized spacial score (nSPS) is 19.6. The smallest absolute Gasteiger partial charge is 0.151 e. The molecule has 0 amide bonds. The Morgan fingerprint density at radius 3 is 2.84 bits per heavy atom. The molecule has 3 nitrogen and oxygen atoms in total. The molecule has 0 aliphatic carbocycles. The number of likely N-dealkylation sites (N-methyl/N-ethyl adjacent to an activating group) is 1. The van der Waals surface area contributed by atoms with E-state index in [1.165, 1.54) is 6.42 Å². The lowest BCUT2D eigenvalue weighted by atomic mass is 10.0. The van der Waals surface area contributed by atoms with Crippen LogP contribution < -0.4 is 0 Å². The minimum absolute atomic E-state index is 0.283. The second-order valence-corrected chi connectivity index (χ2v) is 5.48. The van der Waals surface area contributed by atoms with E-state index < -0.39 is 0 Å². The number of hydrogen-bond donors (Lipinski definition) is 0. The monoisotopic (exact) mass is 261 g/mol. The lowest BCUT2D eigenvalue weighted by Crippen LogP contribution is -2.34. The number of benzene rings is 1. The molecule has 1 aromatic carbocycles. The number of carbonyl (C=O) groups is 1. The van der Waals surface area contributed by atoms with Gasteiger partial charge in [-0.05, 0) is 31.4 Å². The van der Waals surface area contributed by atoms with Crippen molar-refractivity contribution in [3.8, 4) is 0 Å². The van der Waals surface area contributed by atoms with Gasteiger partial charge in [0.25, 0.3) is 0 Å². The summed E-state index contributed by atoms with van der Waals surface area (Å²) in [6.45, 7) is 3.23. The van der Waals surface area contributed by atoms with Gasteiger partial charge in [0.2, 0.25) is 0 Å². The average molecular weight is 261 g/mol. The Morgan fingerprint density at radius 2 is 2.16 bits per heavy atom. The minimum atomic E-state index is 0.283. The molecule has 1 atom stereocenters. The highest BCUT2D eigenvalue weighted by Gasteiger charge is 2.17. The van der Waals surface area contributed by atoms with Crippen LogP contribution in [0.4, 0.5) is 0 Å². The standard InChI is InChI=1S/C16H23NO2/c1-17(11-15-8-5-9-19-13-15)12-16(18)10-14-6-3-2-4-7-14/h2-4,6-7,15H,5,8-13H2,1H3. The van der Waals surface area contributed by atoms with Crippen molar-refractivity contribution in [1.29, 1.82) is 0 Å². The van der Waals surface area contributed by atoms with Crippen LogP contribution in [-0.4, -0.2) is 44.0 Å². The van der Waals surface area contributed by atoms with Crippen LogP contribution in [0.1, 0.15) is 18.4 Å². The third-order valence-electron chi connectivity index (χ3n) is 3.51. The number of nitrogens with zero attached hydrogens (tertiary/aromatic N) is 1. The minimum Gasteiger partial charge on any atom is -0.381 e. The van der Waals surface area contributed by atoms with Crippen LogP contribution in [0.15, 0.2) is 30.3 Å². The fourth-order valence-electron chi connectivity index (χ4n) is 2.64. The van der Waals surface area contributed by atoms with Gasteiger partial charge in [-0.3, -0.25) is 9.69 Å². The zero-order valence-electron chi connectivity index (χ0n) is 11.7. The number of Topliss-reactive ketones (excluding diaryl/α,β-unsaturated/α-hetero) is 1. The van der Waals surface area contributed by atoms with Gasteiger partial charge in [0.05, 0.1) is 13.2 Å². The fourth-order valence-corrected chi connectivity index (χ4v) is 2.64. The lowest BCUT2D eigenvalue weighted by Gasteiger charge is -2.26. The van der Waals surface area contributed by atoms with Gasteiger partial charge >= 0.3 is 0 Å². The molecule has 1 unspecified atom stereocenters.